The molecule has 0 bridgehead atoms. The largest absolute Gasteiger partial charge is 0.382 e. The first-order chi connectivity index (χ1) is 3.79. The lowest BCUT2D eigenvalue weighted by atomic mass is 10.5. The van der Waals surface area contributed by atoms with Gasteiger partial charge in [0.05, 0.1) is 18.1 Å². The highest BCUT2D eigenvalue weighted by atomic mass is 14.9. The first-order valence-electron chi connectivity index (χ1n) is 2.18. The molecule has 0 unspecified atom stereocenters. The van der Waals surface area contributed by atoms with Gasteiger partial charge in [-0.25, -0.2) is 4.98 Å². The monoisotopic (exact) mass is 108 g/mol. The van der Waals surface area contributed by atoms with E-state index in [-0.39, 0.29) is 0 Å². The Morgan fingerprint density at radius 1 is 1.38 bits per heavy atom. The van der Waals surface area contributed by atoms with Crippen molar-refractivity contribution in [3.8, 4) is 0 Å². The van der Waals surface area contributed by atoms with Crippen molar-refractivity contribution in [1.82, 2.24) is 9.97 Å². The van der Waals surface area contributed by atoms with Gasteiger partial charge in [0.2, 0.25) is 0 Å². The van der Waals surface area contributed by atoms with Gasteiger partial charge in [0.25, 0.3) is 0 Å². The molecule has 41 valence electrons. The standard InChI is InChI=1S/C5H6N3/c1-4-2-8-5(6)3-7-4/h2-3H,1H2,(H2,6,8). The highest BCUT2D eigenvalue weighted by molar-refractivity contribution is 5.23. The number of hydrogen-bond donors (Lipinski definition) is 1. The quantitative estimate of drug-likeness (QED) is 0.518. The summed E-state index contributed by atoms with van der Waals surface area (Å²) in [7, 11) is 0. The normalized spacial score (nSPS) is 9.12. The highest BCUT2D eigenvalue weighted by Gasteiger charge is 1.83. The zero-order valence-electron chi connectivity index (χ0n) is 4.33. The molecule has 1 aromatic heterocycles. The molecular formula is C5H6N3. The topological polar surface area (TPSA) is 51.8 Å². The van der Waals surface area contributed by atoms with Crippen molar-refractivity contribution in [1.29, 1.82) is 0 Å². The van der Waals surface area contributed by atoms with E-state index in [1.165, 1.54) is 12.4 Å². The summed E-state index contributed by atoms with van der Waals surface area (Å²) in [6, 6.07) is 0. The number of hydrogen-bond acceptors (Lipinski definition) is 3. The first-order valence-corrected chi connectivity index (χ1v) is 2.18. The third kappa shape index (κ3) is 0.932. The molecule has 0 aliphatic rings. The predicted octanol–water partition coefficient (Wildman–Crippen LogP) is 0.241. The molecule has 3 heteroatoms. The Balaban J connectivity index is 3.03. The van der Waals surface area contributed by atoms with E-state index < -0.39 is 0 Å². The molecule has 1 rings (SSSR count). The fourth-order valence-electron chi connectivity index (χ4n) is 0.365. The first kappa shape index (κ1) is 5.03. The lowest BCUT2D eigenvalue weighted by Crippen LogP contribution is -1.90. The van der Waals surface area contributed by atoms with E-state index in [9.17, 15) is 0 Å². The average Bonchev–Trinajstić information content (AvgIpc) is 1.77. The van der Waals surface area contributed by atoms with Crippen LogP contribution in [-0.4, -0.2) is 9.97 Å². The van der Waals surface area contributed by atoms with E-state index >= 15 is 0 Å². The minimum atomic E-state index is 0.428. The molecule has 3 nitrogen and oxygen atoms in total. The van der Waals surface area contributed by atoms with E-state index in [0.717, 1.165) is 0 Å². The second kappa shape index (κ2) is 1.78. The van der Waals surface area contributed by atoms with Gasteiger partial charge in [0, 0.05) is 0 Å². The molecule has 0 saturated heterocycles. The molecule has 1 radical (unpaired) electrons. The van der Waals surface area contributed by atoms with Crippen molar-refractivity contribution in [2.75, 3.05) is 5.73 Å². The van der Waals surface area contributed by atoms with E-state index in [2.05, 4.69) is 16.9 Å². The Hall–Kier alpha value is -1.12. The number of anilines is 1. The van der Waals surface area contributed by atoms with Crippen molar-refractivity contribution in [2.45, 2.75) is 0 Å². The predicted molar refractivity (Wildman–Crippen MR) is 30.9 cm³/mol. The van der Waals surface area contributed by atoms with Gasteiger partial charge in [-0.1, -0.05) is 0 Å². The van der Waals surface area contributed by atoms with E-state index in [0.29, 0.717) is 11.5 Å². The van der Waals surface area contributed by atoms with Crippen LogP contribution in [0.1, 0.15) is 5.69 Å². The van der Waals surface area contributed by atoms with Crippen LogP contribution < -0.4 is 5.73 Å². The lowest BCUT2D eigenvalue weighted by Gasteiger charge is -1.88. The van der Waals surface area contributed by atoms with Crippen molar-refractivity contribution >= 4 is 5.82 Å². The summed E-state index contributed by atoms with van der Waals surface area (Å²) < 4.78 is 0. The third-order valence-corrected chi connectivity index (χ3v) is 0.725. The van der Waals surface area contributed by atoms with Crippen molar-refractivity contribution < 1.29 is 0 Å². The summed E-state index contributed by atoms with van der Waals surface area (Å²) >= 11 is 0. The summed E-state index contributed by atoms with van der Waals surface area (Å²) in [6.07, 6.45) is 3.00. The van der Waals surface area contributed by atoms with E-state index in [4.69, 9.17) is 5.73 Å². The van der Waals surface area contributed by atoms with Crippen LogP contribution in [0, 0.1) is 6.92 Å². The second-order valence-corrected chi connectivity index (χ2v) is 1.43. The average molecular weight is 108 g/mol. The summed E-state index contributed by atoms with van der Waals surface area (Å²) in [5.74, 6) is 0.428. The fraction of sp³-hybridized carbons (Fsp3) is 0. The molecular weight excluding hydrogens is 102 g/mol. The van der Waals surface area contributed by atoms with Crippen LogP contribution in [0.5, 0.6) is 0 Å². The van der Waals surface area contributed by atoms with Crippen LogP contribution in [-0.2, 0) is 0 Å². The van der Waals surface area contributed by atoms with E-state index in [1.807, 2.05) is 0 Å². The van der Waals surface area contributed by atoms with Crippen LogP contribution in [0.2, 0.25) is 0 Å². The van der Waals surface area contributed by atoms with Crippen molar-refractivity contribution in [3.05, 3.63) is 25.0 Å². The molecule has 0 atom stereocenters. The summed E-state index contributed by atoms with van der Waals surface area (Å²) in [5.41, 5.74) is 5.86. The van der Waals surface area contributed by atoms with Gasteiger partial charge in [-0.05, 0) is 6.92 Å². The SMILES string of the molecule is [CH2]c1cnc(N)cn1. The second-order valence-electron chi connectivity index (χ2n) is 1.43. The Morgan fingerprint density at radius 3 is 2.50 bits per heavy atom. The van der Waals surface area contributed by atoms with Gasteiger partial charge in [0.1, 0.15) is 5.82 Å². The Kier molecular flexibility index (Phi) is 1.12. The van der Waals surface area contributed by atoms with Crippen molar-refractivity contribution in [2.24, 2.45) is 0 Å². The minimum Gasteiger partial charge on any atom is -0.382 e. The van der Waals surface area contributed by atoms with E-state index in [1.54, 1.807) is 0 Å². The lowest BCUT2D eigenvalue weighted by molar-refractivity contribution is 1.17. The van der Waals surface area contributed by atoms with Gasteiger partial charge in [-0.2, -0.15) is 0 Å². The molecule has 0 amide bonds. The number of nitrogens with two attached hydrogens (primary N) is 1. The molecule has 0 saturated carbocycles. The molecule has 8 heavy (non-hydrogen) atoms. The smallest absolute Gasteiger partial charge is 0.141 e. The molecule has 1 heterocycles. The fourth-order valence-corrected chi connectivity index (χ4v) is 0.365. The summed E-state index contributed by atoms with van der Waals surface area (Å²) in [5, 5.41) is 0. The minimum absolute atomic E-state index is 0.428. The number of rotatable bonds is 0. The number of nitrogens with zero attached hydrogens (tertiary/aromatic N) is 2. The van der Waals surface area contributed by atoms with Gasteiger partial charge in [0.15, 0.2) is 0 Å². The molecule has 0 aliphatic heterocycles. The molecule has 0 aliphatic carbocycles. The van der Waals surface area contributed by atoms with Gasteiger partial charge < -0.3 is 5.73 Å². The number of nitrogen functional groups attached to an aromatic ring is 1. The molecule has 2 N–H and O–H groups in total. The Labute approximate surface area is 47.6 Å². The van der Waals surface area contributed by atoms with Gasteiger partial charge in [-0.3, -0.25) is 4.98 Å². The molecule has 0 fully saturated rings. The van der Waals surface area contributed by atoms with Crippen LogP contribution in [0.4, 0.5) is 5.82 Å². The van der Waals surface area contributed by atoms with Crippen LogP contribution in [0.25, 0.3) is 0 Å². The van der Waals surface area contributed by atoms with Gasteiger partial charge >= 0.3 is 0 Å². The van der Waals surface area contributed by atoms with Crippen molar-refractivity contribution in [3.63, 3.8) is 0 Å². The van der Waals surface area contributed by atoms with Gasteiger partial charge in [-0.15, -0.1) is 0 Å². The maximum absolute atomic E-state index is 5.23. The summed E-state index contributed by atoms with van der Waals surface area (Å²) in [6.45, 7) is 3.53. The Bertz CT molecular complexity index is 147. The zero-order valence-corrected chi connectivity index (χ0v) is 4.33. The molecule has 0 spiro atoms. The highest BCUT2D eigenvalue weighted by Crippen LogP contribution is 1.91. The molecule has 1 aromatic rings. The van der Waals surface area contributed by atoms with Crippen LogP contribution in [0.3, 0.4) is 0 Å². The third-order valence-electron chi connectivity index (χ3n) is 0.725. The Morgan fingerprint density at radius 2 is 2.12 bits per heavy atom. The zero-order chi connectivity index (χ0) is 5.98. The maximum Gasteiger partial charge on any atom is 0.141 e. The number of aromatic nitrogens is 2. The van der Waals surface area contributed by atoms with Crippen LogP contribution in [0.15, 0.2) is 12.4 Å². The summed E-state index contributed by atoms with van der Waals surface area (Å²) in [4.78, 5) is 7.51. The molecule has 0 aromatic carbocycles. The maximum atomic E-state index is 5.23. The van der Waals surface area contributed by atoms with Crippen LogP contribution >= 0.6 is 0 Å².